The Hall–Kier alpha value is -2.49. The van der Waals surface area contributed by atoms with Crippen molar-refractivity contribution in [2.75, 3.05) is 13.2 Å². The number of carbonyl (C=O) groups is 2. The Kier molecular flexibility index (Phi) is 33.3. The smallest absolute Gasteiger partial charge is 0.462 e. The molecule has 7 atom stereocenters. The van der Waals surface area contributed by atoms with Gasteiger partial charge in [0.2, 0.25) is 0 Å². The molecule has 0 aliphatic heterocycles. The molecule has 0 heterocycles. The number of hydrogen-bond donors (Lipinski definition) is 7. The average molecular weight is 887 g/mol. The van der Waals surface area contributed by atoms with Crippen LogP contribution < -0.4 is 0 Å². The molecular formula is C46H79O14P. The van der Waals surface area contributed by atoms with E-state index in [0.29, 0.717) is 25.7 Å². The first-order valence-corrected chi connectivity index (χ1v) is 24.2. The Morgan fingerprint density at radius 1 is 0.590 bits per heavy atom. The fourth-order valence-corrected chi connectivity index (χ4v) is 7.42. The third kappa shape index (κ3) is 28.7. The van der Waals surface area contributed by atoms with Crippen LogP contribution in [0, 0.1) is 0 Å². The number of allylic oxidation sites excluding steroid dienone is 9. The van der Waals surface area contributed by atoms with E-state index in [4.69, 9.17) is 18.5 Å². The maximum atomic E-state index is 12.8. The lowest BCUT2D eigenvalue weighted by Crippen LogP contribution is -2.64. The third-order valence-corrected chi connectivity index (χ3v) is 11.3. The molecular weight excluding hydrogens is 807 g/mol. The summed E-state index contributed by atoms with van der Waals surface area (Å²) in [7, 11) is -5.14. The molecule has 7 unspecified atom stereocenters. The van der Waals surface area contributed by atoms with E-state index in [2.05, 4.69) is 25.2 Å². The van der Waals surface area contributed by atoms with Crippen LogP contribution in [0.3, 0.4) is 0 Å². The highest BCUT2D eigenvalue weighted by atomic mass is 31.2. The van der Waals surface area contributed by atoms with Gasteiger partial charge in [0.15, 0.2) is 6.10 Å². The first-order valence-electron chi connectivity index (χ1n) is 22.7. The minimum atomic E-state index is -5.14. The SMILES string of the molecule is CCCCCCCCCCCCCCCCC(=O)OCC(COP(=O)(O)OC1C(O)C(O)C(O)C(O)C1O)OC(=O)CCC/C=C\C/C=C\C/C=C\C/C=C\C=C\C(O)CC. The number of hydrogen-bond acceptors (Lipinski definition) is 13. The molecule has 15 heteroatoms. The van der Waals surface area contributed by atoms with Gasteiger partial charge in [-0.2, -0.15) is 0 Å². The molecule has 0 saturated heterocycles. The van der Waals surface area contributed by atoms with Crippen molar-refractivity contribution in [2.24, 2.45) is 0 Å². The van der Waals surface area contributed by atoms with Gasteiger partial charge in [0.05, 0.1) is 12.7 Å². The van der Waals surface area contributed by atoms with E-state index in [0.717, 1.165) is 38.5 Å². The second-order valence-corrected chi connectivity index (χ2v) is 17.1. The van der Waals surface area contributed by atoms with Crippen LogP contribution in [0.1, 0.15) is 155 Å². The van der Waals surface area contributed by atoms with Gasteiger partial charge in [-0.15, -0.1) is 0 Å². The molecule has 61 heavy (non-hydrogen) atoms. The summed E-state index contributed by atoms with van der Waals surface area (Å²) in [6.07, 6.45) is 26.6. The Bertz CT molecular complexity index is 1320. The van der Waals surface area contributed by atoms with E-state index in [1.165, 1.54) is 64.2 Å². The largest absolute Gasteiger partial charge is 0.472 e. The van der Waals surface area contributed by atoms with Gasteiger partial charge in [0.1, 0.15) is 43.2 Å². The van der Waals surface area contributed by atoms with Crippen LogP contribution in [0.2, 0.25) is 0 Å². The fourth-order valence-electron chi connectivity index (χ4n) is 6.45. The molecule has 1 aliphatic rings. The van der Waals surface area contributed by atoms with Gasteiger partial charge in [0.25, 0.3) is 0 Å². The molecule has 1 aliphatic carbocycles. The fraction of sp³-hybridized carbons (Fsp3) is 0.739. The van der Waals surface area contributed by atoms with Crippen LogP contribution in [0.4, 0.5) is 0 Å². The Labute approximate surface area is 365 Å². The van der Waals surface area contributed by atoms with Crippen molar-refractivity contribution in [1.82, 2.24) is 0 Å². The highest BCUT2D eigenvalue weighted by Gasteiger charge is 2.51. The maximum absolute atomic E-state index is 12.8. The summed E-state index contributed by atoms with van der Waals surface area (Å²) in [5.41, 5.74) is 0. The number of esters is 2. The van der Waals surface area contributed by atoms with Crippen LogP contribution in [-0.2, 0) is 32.7 Å². The molecule has 7 N–H and O–H groups in total. The number of carbonyl (C=O) groups excluding carboxylic acids is 2. The summed E-state index contributed by atoms with van der Waals surface area (Å²) in [6.45, 7) is 2.91. The van der Waals surface area contributed by atoms with E-state index < -0.39 is 81.8 Å². The zero-order valence-corrected chi connectivity index (χ0v) is 37.7. The van der Waals surface area contributed by atoms with Gasteiger partial charge >= 0.3 is 19.8 Å². The quantitative estimate of drug-likeness (QED) is 0.0106. The van der Waals surface area contributed by atoms with E-state index in [-0.39, 0.29) is 12.8 Å². The van der Waals surface area contributed by atoms with E-state index in [1.807, 2.05) is 43.4 Å². The lowest BCUT2D eigenvalue weighted by molar-refractivity contribution is -0.220. The third-order valence-electron chi connectivity index (χ3n) is 10.3. The van der Waals surface area contributed by atoms with Crippen molar-refractivity contribution in [3.05, 3.63) is 60.8 Å². The number of aliphatic hydroxyl groups is 6. The van der Waals surface area contributed by atoms with E-state index >= 15 is 0 Å². The summed E-state index contributed by atoms with van der Waals surface area (Å²) in [6, 6.07) is 0. The summed E-state index contributed by atoms with van der Waals surface area (Å²) < 4.78 is 33.4. The minimum Gasteiger partial charge on any atom is -0.462 e. The molecule has 1 saturated carbocycles. The standard InChI is InChI=1S/C46H79O14P/c1-3-5-6-7-8-9-10-11-15-18-21-24-27-30-33-39(48)57-35-38(36-58-61(55,56)60-46-44(53)42(51)41(50)43(52)45(46)54)59-40(49)34-31-28-25-22-19-16-13-12-14-17-20-23-26-29-32-37(47)4-2/h13-14,16-17,22-23,25-26,29,32,37-38,41-47,50-54H,3-12,15,18-21,24,27-28,30-31,33-36H2,1-2H3,(H,55,56)/b16-13-,17-14-,25-22-,26-23-,32-29+. The molecule has 0 bridgehead atoms. The number of aliphatic hydroxyl groups excluding tert-OH is 6. The second kappa shape index (κ2) is 35.9. The number of rotatable bonds is 36. The van der Waals surface area contributed by atoms with Crippen LogP contribution >= 0.6 is 7.82 Å². The zero-order valence-electron chi connectivity index (χ0n) is 36.8. The molecule has 1 rings (SSSR count). The van der Waals surface area contributed by atoms with Gasteiger partial charge < -0.3 is 45.0 Å². The number of phosphoric acid groups is 1. The van der Waals surface area contributed by atoms with Gasteiger partial charge in [-0.3, -0.25) is 18.6 Å². The molecule has 0 aromatic heterocycles. The molecule has 0 radical (unpaired) electrons. The maximum Gasteiger partial charge on any atom is 0.472 e. The summed E-state index contributed by atoms with van der Waals surface area (Å²) in [5, 5.41) is 59.6. The lowest BCUT2D eigenvalue weighted by atomic mass is 9.85. The second-order valence-electron chi connectivity index (χ2n) is 15.7. The van der Waals surface area contributed by atoms with E-state index in [9.17, 15) is 49.7 Å². The van der Waals surface area contributed by atoms with Crippen molar-refractivity contribution in [3.63, 3.8) is 0 Å². The Morgan fingerprint density at radius 3 is 1.61 bits per heavy atom. The molecule has 0 aromatic carbocycles. The highest BCUT2D eigenvalue weighted by Crippen LogP contribution is 2.47. The van der Waals surface area contributed by atoms with Crippen molar-refractivity contribution < 1.29 is 68.2 Å². The number of ether oxygens (including phenoxy) is 2. The van der Waals surface area contributed by atoms with Gasteiger partial charge in [-0.05, 0) is 44.9 Å². The molecule has 0 aromatic rings. The molecule has 352 valence electrons. The molecule has 0 amide bonds. The van der Waals surface area contributed by atoms with Crippen molar-refractivity contribution in [2.45, 2.75) is 204 Å². The zero-order chi connectivity index (χ0) is 45.1. The van der Waals surface area contributed by atoms with E-state index in [1.54, 1.807) is 6.08 Å². The van der Waals surface area contributed by atoms with Crippen LogP contribution in [0.25, 0.3) is 0 Å². The van der Waals surface area contributed by atoms with Crippen LogP contribution in [0.5, 0.6) is 0 Å². The first-order chi connectivity index (χ1) is 29.3. The van der Waals surface area contributed by atoms with Crippen LogP contribution in [-0.4, -0.2) is 110 Å². The summed E-state index contributed by atoms with van der Waals surface area (Å²) >= 11 is 0. The Morgan fingerprint density at radius 2 is 1.07 bits per heavy atom. The molecule has 14 nitrogen and oxygen atoms in total. The minimum absolute atomic E-state index is 0.00371. The van der Waals surface area contributed by atoms with Crippen molar-refractivity contribution >= 4 is 19.8 Å². The molecule has 0 spiro atoms. The topological polar surface area (TPSA) is 230 Å². The summed E-state index contributed by atoms with van der Waals surface area (Å²) in [5.74, 6) is -1.19. The molecule has 1 fully saturated rings. The van der Waals surface area contributed by atoms with Gasteiger partial charge in [-0.25, -0.2) is 4.57 Å². The van der Waals surface area contributed by atoms with Gasteiger partial charge in [0, 0.05) is 12.8 Å². The van der Waals surface area contributed by atoms with Crippen LogP contribution in [0.15, 0.2) is 60.8 Å². The normalized spacial score (nSPS) is 23.1. The van der Waals surface area contributed by atoms with Crippen molar-refractivity contribution in [3.8, 4) is 0 Å². The lowest BCUT2D eigenvalue weighted by Gasteiger charge is -2.41. The monoisotopic (exact) mass is 887 g/mol. The van der Waals surface area contributed by atoms with Crippen molar-refractivity contribution in [1.29, 1.82) is 0 Å². The van der Waals surface area contributed by atoms with Gasteiger partial charge in [-0.1, -0.05) is 158 Å². The number of phosphoric ester groups is 1. The first kappa shape index (κ1) is 56.5. The predicted molar refractivity (Wildman–Crippen MR) is 236 cm³/mol. The summed E-state index contributed by atoms with van der Waals surface area (Å²) in [4.78, 5) is 35.6. The highest BCUT2D eigenvalue weighted by molar-refractivity contribution is 7.47. The average Bonchev–Trinajstić information content (AvgIpc) is 3.24. The number of unbranched alkanes of at least 4 members (excludes halogenated alkanes) is 14. The predicted octanol–water partition coefficient (Wildman–Crippen LogP) is 7.53. The Balaban J connectivity index is 2.52.